The van der Waals surface area contributed by atoms with Gasteiger partial charge in [0.25, 0.3) is 0 Å². The Hall–Kier alpha value is -1.14. The van der Waals surface area contributed by atoms with Gasteiger partial charge in [0, 0.05) is 12.6 Å². The highest BCUT2D eigenvalue weighted by Crippen LogP contribution is 2.24. The summed E-state index contributed by atoms with van der Waals surface area (Å²) in [4.78, 5) is 22.8. The number of carboxylic acids is 2. The highest BCUT2D eigenvalue weighted by molar-refractivity contribution is 5.73. The summed E-state index contributed by atoms with van der Waals surface area (Å²) in [6, 6.07) is -0.237. The van der Waals surface area contributed by atoms with Crippen LogP contribution in [0.3, 0.4) is 0 Å². The molecule has 1 saturated heterocycles. The second kappa shape index (κ2) is 5.81. The molecule has 6 heteroatoms. The summed E-state index contributed by atoms with van der Waals surface area (Å²) in [6.45, 7) is 0.0619. The summed E-state index contributed by atoms with van der Waals surface area (Å²) in [7, 11) is 1.79. The maximum absolute atomic E-state index is 10.8. The van der Waals surface area contributed by atoms with E-state index in [-0.39, 0.29) is 12.6 Å². The molecular weight excluding hydrogens is 214 g/mol. The van der Waals surface area contributed by atoms with Crippen LogP contribution in [0.15, 0.2) is 0 Å². The van der Waals surface area contributed by atoms with E-state index in [4.69, 9.17) is 14.9 Å². The fourth-order valence-electron chi connectivity index (χ4n) is 2.04. The van der Waals surface area contributed by atoms with E-state index in [1.807, 2.05) is 4.90 Å². The van der Waals surface area contributed by atoms with Crippen molar-refractivity contribution in [2.24, 2.45) is 0 Å². The van der Waals surface area contributed by atoms with E-state index in [1.54, 1.807) is 7.05 Å². The van der Waals surface area contributed by atoms with E-state index in [0.717, 1.165) is 6.42 Å². The molecule has 0 spiro atoms. The second-order valence-corrected chi connectivity index (χ2v) is 3.99. The third kappa shape index (κ3) is 3.46. The molecule has 2 N–H and O–H groups in total. The van der Waals surface area contributed by atoms with Crippen molar-refractivity contribution in [3.05, 3.63) is 0 Å². The van der Waals surface area contributed by atoms with Gasteiger partial charge in [0.05, 0.1) is 0 Å². The van der Waals surface area contributed by atoms with Gasteiger partial charge < -0.3 is 14.9 Å². The normalized spacial score (nSPS) is 25.8. The molecule has 1 rings (SSSR count). The van der Waals surface area contributed by atoms with Crippen molar-refractivity contribution in [2.45, 2.75) is 31.3 Å². The predicted molar refractivity (Wildman–Crippen MR) is 55.3 cm³/mol. The molecule has 0 amide bonds. The Labute approximate surface area is 93.8 Å². The lowest BCUT2D eigenvalue weighted by Gasteiger charge is -2.22. The summed E-state index contributed by atoms with van der Waals surface area (Å²) in [6.07, 6.45) is 2.15. The number of aliphatic carboxylic acids is 2. The number of ether oxygens (including phenoxy) is 1. The molecule has 16 heavy (non-hydrogen) atoms. The monoisotopic (exact) mass is 231 g/mol. The Morgan fingerprint density at radius 2 is 2.06 bits per heavy atom. The molecule has 92 valence electrons. The fourth-order valence-corrected chi connectivity index (χ4v) is 2.04. The summed E-state index contributed by atoms with van der Waals surface area (Å²) in [5.41, 5.74) is 0. The average Bonchev–Trinajstić information content (AvgIpc) is 2.54. The van der Waals surface area contributed by atoms with Gasteiger partial charge in [0.2, 0.25) is 0 Å². The van der Waals surface area contributed by atoms with Crippen molar-refractivity contribution in [2.75, 3.05) is 20.3 Å². The van der Waals surface area contributed by atoms with Gasteiger partial charge in [-0.15, -0.1) is 0 Å². The minimum absolute atomic E-state index is 0.176. The number of likely N-dealkylation sites (tertiary alicyclic amines) is 1. The summed E-state index contributed by atoms with van der Waals surface area (Å²) >= 11 is 0. The predicted octanol–water partition coefficient (Wildman–Crippen LogP) is 0.0251. The number of carbonyl (C=O) groups is 2. The smallest absolute Gasteiger partial charge is 0.329 e. The molecule has 0 aromatic rings. The van der Waals surface area contributed by atoms with E-state index < -0.39 is 18.0 Å². The number of carboxylic acid groups (broad SMARTS) is 2. The number of hydrogen-bond acceptors (Lipinski definition) is 4. The standard InChI is InChI=1S/C10H17NO5/c1-11-7(2-3-8(11)10(14)15)4-5-16-6-9(12)13/h7-8H,2-6H2,1H3,(H,12,13)(H,14,15)/t7-,8-/m0/s1. The lowest BCUT2D eigenvalue weighted by molar-refractivity contribution is -0.142. The second-order valence-electron chi connectivity index (χ2n) is 3.99. The highest BCUT2D eigenvalue weighted by Gasteiger charge is 2.34. The van der Waals surface area contributed by atoms with Crippen LogP contribution in [0.2, 0.25) is 0 Å². The van der Waals surface area contributed by atoms with Gasteiger partial charge in [-0.25, -0.2) is 4.79 Å². The molecule has 0 unspecified atom stereocenters. The van der Waals surface area contributed by atoms with Gasteiger partial charge in [-0.2, -0.15) is 0 Å². The fraction of sp³-hybridized carbons (Fsp3) is 0.800. The molecular formula is C10H17NO5. The third-order valence-corrected chi connectivity index (χ3v) is 2.95. The lowest BCUT2D eigenvalue weighted by Crippen LogP contribution is -2.37. The van der Waals surface area contributed by atoms with E-state index in [0.29, 0.717) is 19.4 Å². The largest absolute Gasteiger partial charge is 0.480 e. The van der Waals surface area contributed by atoms with Crippen LogP contribution < -0.4 is 0 Å². The van der Waals surface area contributed by atoms with Crippen molar-refractivity contribution >= 4 is 11.9 Å². The van der Waals surface area contributed by atoms with Crippen LogP contribution in [0.25, 0.3) is 0 Å². The van der Waals surface area contributed by atoms with Crippen molar-refractivity contribution in [1.82, 2.24) is 4.90 Å². The first-order chi connectivity index (χ1) is 7.52. The van der Waals surface area contributed by atoms with Crippen LogP contribution in [0.4, 0.5) is 0 Å². The van der Waals surface area contributed by atoms with Crippen molar-refractivity contribution in [1.29, 1.82) is 0 Å². The van der Waals surface area contributed by atoms with E-state index >= 15 is 0 Å². The summed E-state index contributed by atoms with van der Waals surface area (Å²) in [5.74, 6) is -1.78. The van der Waals surface area contributed by atoms with Gasteiger partial charge in [-0.3, -0.25) is 9.69 Å². The molecule has 0 aromatic carbocycles. The van der Waals surface area contributed by atoms with Crippen molar-refractivity contribution < 1.29 is 24.5 Å². The van der Waals surface area contributed by atoms with Crippen LogP contribution in [0, 0.1) is 0 Å². The number of hydrogen-bond donors (Lipinski definition) is 2. The first-order valence-electron chi connectivity index (χ1n) is 5.26. The third-order valence-electron chi connectivity index (χ3n) is 2.95. The molecule has 1 heterocycles. The van der Waals surface area contributed by atoms with Crippen LogP contribution >= 0.6 is 0 Å². The topological polar surface area (TPSA) is 87.1 Å². The van der Waals surface area contributed by atoms with Gasteiger partial charge in [-0.05, 0) is 26.3 Å². The van der Waals surface area contributed by atoms with E-state index in [2.05, 4.69) is 0 Å². The average molecular weight is 231 g/mol. The number of likely N-dealkylation sites (N-methyl/N-ethyl adjacent to an activating group) is 1. The van der Waals surface area contributed by atoms with Crippen LogP contribution in [-0.2, 0) is 14.3 Å². The lowest BCUT2D eigenvalue weighted by atomic mass is 10.1. The molecule has 0 aliphatic carbocycles. The van der Waals surface area contributed by atoms with Crippen molar-refractivity contribution in [3.63, 3.8) is 0 Å². The van der Waals surface area contributed by atoms with Gasteiger partial charge in [0.15, 0.2) is 0 Å². The Morgan fingerprint density at radius 1 is 1.38 bits per heavy atom. The Morgan fingerprint density at radius 3 is 2.56 bits per heavy atom. The maximum atomic E-state index is 10.8. The molecule has 0 radical (unpaired) electrons. The summed E-state index contributed by atoms with van der Waals surface area (Å²) in [5, 5.41) is 17.3. The zero-order chi connectivity index (χ0) is 12.1. The minimum atomic E-state index is -0.983. The molecule has 0 bridgehead atoms. The maximum Gasteiger partial charge on any atom is 0.329 e. The number of nitrogens with zero attached hydrogens (tertiary/aromatic N) is 1. The zero-order valence-corrected chi connectivity index (χ0v) is 9.26. The van der Waals surface area contributed by atoms with E-state index in [1.165, 1.54) is 0 Å². The zero-order valence-electron chi connectivity index (χ0n) is 9.26. The quantitative estimate of drug-likeness (QED) is 0.627. The first-order valence-corrected chi connectivity index (χ1v) is 5.26. The van der Waals surface area contributed by atoms with Crippen LogP contribution in [-0.4, -0.2) is 59.4 Å². The van der Waals surface area contributed by atoms with Crippen LogP contribution in [0.1, 0.15) is 19.3 Å². The summed E-state index contributed by atoms with van der Waals surface area (Å²) < 4.78 is 4.93. The van der Waals surface area contributed by atoms with Crippen molar-refractivity contribution in [3.8, 4) is 0 Å². The first kappa shape index (κ1) is 12.9. The minimum Gasteiger partial charge on any atom is -0.480 e. The Balaban J connectivity index is 2.24. The molecule has 1 aliphatic rings. The van der Waals surface area contributed by atoms with E-state index in [9.17, 15) is 9.59 Å². The van der Waals surface area contributed by atoms with Crippen LogP contribution in [0.5, 0.6) is 0 Å². The van der Waals surface area contributed by atoms with Gasteiger partial charge >= 0.3 is 11.9 Å². The molecule has 6 nitrogen and oxygen atoms in total. The highest BCUT2D eigenvalue weighted by atomic mass is 16.5. The molecule has 2 atom stereocenters. The molecule has 1 aliphatic heterocycles. The van der Waals surface area contributed by atoms with Gasteiger partial charge in [-0.1, -0.05) is 0 Å². The molecule has 0 aromatic heterocycles. The Kier molecular flexibility index (Phi) is 4.70. The Bertz CT molecular complexity index is 268. The SMILES string of the molecule is CN1[C@H](CCOCC(=O)O)CC[C@H]1C(=O)O. The number of rotatable bonds is 6. The van der Waals surface area contributed by atoms with Gasteiger partial charge in [0.1, 0.15) is 12.6 Å². The molecule has 1 fully saturated rings. The molecule has 0 saturated carbocycles.